The van der Waals surface area contributed by atoms with Gasteiger partial charge in [-0.25, -0.2) is 0 Å². The molecule has 0 aliphatic carbocycles. The molecule has 0 saturated heterocycles. The summed E-state index contributed by atoms with van der Waals surface area (Å²) < 4.78 is 1.06. The molecule has 88 valence electrons. The number of ketones is 1. The number of hydrogen-bond donors (Lipinski definition) is 0. The van der Waals surface area contributed by atoms with Gasteiger partial charge in [0.05, 0.1) is 5.75 Å². The molecule has 0 aliphatic rings. The van der Waals surface area contributed by atoms with Gasteiger partial charge in [-0.05, 0) is 37.3 Å². The van der Waals surface area contributed by atoms with E-state index in [0.29, 0.717) is 5.75 Å². The van der Waals surface area contributed by atoms with E-state index >= 15 is 0 Å². The molecule has 0 aliphatic heterocycles. The highest BCUT2D eigenvalue weighted by molar-refractivity contribution is 9.10. The molecule has 0 unspecified atom stereocenters. The van der Waals surface area contributed by atoms with Crippen LogP contribution in [0.5, 0.6) is 0 Å². The molecule has 1 aromatic carbocycles. The average molecular weight is 327 g/mol. The van der Waals surface area contributed by atoms with Gasteiger partial charge in [-0.2, -0.15) is 0 Å². The van der Waals surface area contributed by atoms with Crippen LogP contribution in [0.25, 0.3) is 0 Å². The molecule has 0 radical (unpaired) electrons. The van der Waals surface area contributed by atoms with Crippen LogP contribution >= 0.6 is 39.0 Å². The number of halogens is 1. The monoisotopic (exact) mass is 326 g/mol. The van der Waals surface area contributed by atoms with Crippen molar-refractivity contribution in [3.8, 4) is 0 Å². The molecule has 4 heteroatoms. The highest BCUT2D eigenvalue weighted by Gasteiger charge is 2.08. The summed E-state index contributed by atoms with van der Waals surface area (Å²) in [6.07, 6.45) is 0. The summed E-state index contributed by atoms with van der Waals surface area (Å²) in [6, 6.07) is 9.96. The number of hydrogen-bond acceptors (Lipinski definition) is 3. The quantitative estimate of drug-likeness (QED) is 0.593. The lowest BCUT2D eigenvalue weighted by Gasteiger charge is -2.00. The second kappa shape index (κ2) is 5.85. The lowest BCUT2D eigenvalue weighted by molar-refractivity contribution is 0.102. The van der Waals surface area contributed by atoms with Gasteiger partial charge in [0.2, 0.25) is 0 Å². The van der Waals surface area contributed by atoms with Crippen LogP contribution in [0.15, 0.2) is 45.1 Å². The number of rotatable bonds is 4. The third-order valence-electron chi connectivity index (χ3n) is 2.24. The van der Waals surface area contributed by atoms with E-state index in [9.17, 15) is 4.79 Å². The number of thiophene rings is 1. The Labute approximate surface area is 117 Å². The topological polar surface area (TPSA) is 17.1 Å². The first-order valence-electron chi connectivity index (χ1n) is 5.12. The molecule has 0 spiro atoms. The summed E-state index contributed by atoms with van der Waals surface area (Å²) in [4.78, 5) is 14.2. The molecule has 0 atom stereocenters. The lowest BCUT2D eigenvalue weighted by Crippen LogP contribution is -2.00. The second-order valence-corrected chi connectivity index (χ2v) is 6.69. The minimum atomic E-state index is 0.197. The Kier molecular flexibility index (Phi) is 4.42. The molecule has 1 nitrogen and oxygen atoms in total. The van der Waals surface area contributed by atoms with Gasteiger partial charge in [-0.15, -0.1) is 23.1 Å². The van der Waals surface area contributed by atoms with Crippen LogP contribution in [-0.4, -0.2) is 11.5 Å². The van der Waals surface area contributed by atoms with Gasteiger partial charge < -0.3 is 0 Å². The van der Waals surface area contributed by atoms with Crippen molar-refractivity contribution in [1.29, 1.82) is 0 Å². The summed E-state index contributed by atoms with van der Waals surface area (Å²) in [5.74, 6) is 0.694. The number of carbonyl (C=O) groups excluding carboxylic acids is 1. The standard InChI is InChI=1S/C13H11BrOS2/c1-9-6-10(7-16-9)13(15)8-17-12-4-2-11(14)3-5-12/h2-7H,8H2,1H3. The van der Waals surface area contributed by atoms with Crippen LogP contribution in [0.4, 0.5) is 0 Å². The minimum absolute atomic E-state index is 0.197. The third-order valence-corrected chi connectivity index (χ3v) is 4.64. The predicted octanol–water partition coefficient (Wildman–Crippen LogP) is 4.79. The minimum Gasteiger partial charge on any atom is -0.293 e. The van der Waals surface area contributed by atoms with Gasteiger partial charge in [0.15, 0.2) is 5.78 Å². The fraction of sp³-hybridized carbons (Fsp3) is 0.154. The average Bonchev–Trinajstić information content (AvgIpc) is 2.75. The zero-order valence-corrected chi connectivity index (χ0v) is 12.5. The van der Waals surface area contributed by atoms with Crippen LogP contribution in [0.1, 0.15) is 15.2 Å². The molecule has 0 fully saturated rings. The first-order valence-corrected chi connectivity index (χ1v) is 7.77. The maximum atomic E-state index is 11.9. The summed E-state index contributed by atoms with van der Waals surface area (Å²) in [7, 11) is 0. The molecular weight excluding hydrogens is 316 g/mol. The molecule has 2 rings (SSSR count). The summed E-state index contributed by atoms with van der Waals surface area (Å²) in [6.45, 7) is 2.02. The molecule has 0 bridgehead atoms. The third kappa shape index (κ3) is 3.69. The summed E-state index contributed by atoms with van der Waals surface area (Å²) >= 11 is 6.59. The number of benzene rings is 1. The SMILES string of the molecule is Cc1cc(C(=O)CSc2ccc(Br)cc2)cs1. The van der Waals surface area contributed by atoms with E-state index in [1.54, 1.807) is 23.1 Å². The molecule has 0 saturated carbocycles. The van der Waals surface area contributed by atoms with Crippen LogP contribution < -0.4 is 0 Å². The Morgan fingerprint density at radius 3 is 2.65 bits per heavy atom. The molecule has 17 heavy (non-hydrogen) atoms. The Hall–Kier alpha value is -0.580. The van der Waals surface area contributed by atoms with Crippen molar-refractivity contribution in [1.82, 2.24) is 0 Å². The molecule has 1 heterocycles. The molecule has 2 aromatic rings. The normalized spacial score (nSPS) is 10.5. The smallest absolute Gasteiger partial charge is 0.173 e. The zero-order chi connectivity index (χ0) is 12.3. The van der Waals surface area contributed by atoms with Gasteiger partial charge in [0, 0.05) is 25.2 Å². The number of thioether (sulfide) groups is 1. The summed E-state index contributed by atoms with van der Waals surface area (Å²) in [5.41, 5.74) is 0.831. The maximum Gasteiger partial charge on any atom is 0.173 e. The van der Waals surface area contributed by atoms with Crippen LogP contribution in [0, 0.1) is 6.92 Å². The zero-order valence-electron chi connectivity index (χ0n) is 9.27. The first-order chi connectivity index (χ1) is 8.15. The van der Waals surface area contributed by atoms with Gasteiger partial charge >= 0.3 is 0 Å². The van der Waals surface area contributed by atoms with E-state index in [1.165, 1.54) is 4.88 Å². The Morgan fingerprint density at radius 1 is 1.35 bits per heavy atom. The van der Waals surface area contributed by atoms with Crippen molar-refractivity contribution < 1.29 is 4.79 Å². The fourth-order valence-electron chi connectivity index (χ4n) is 1.35. The van der Waals surface area contributed by atoms with E-state index in [2.05, 4.69) is 15.9 Å². The molecule has 0 amide bonds. The van der Waals surface area contributed by atoms with Crippen LogP contribution in [0.2, 0.25) is 0 Å². The maximum absolute atomic E-state index is 11.9. The van der Waals surface area contributed by atoms with Crippen molar-refractivity contribution in [3.63, 3.8) is 0 Å². The van der Waals surface area contributed by atoms with E-state index in [4.69, 9.17) is 0 Å². The molecular formula is C13H11BrOS2. The molecule has 1 aromatic heterocycles. The van der Waals surface area contributed by atoms with Crippen molar-refractivity contribution in [2.24, 2.45) is 0 Å². The van der Waals surface area contributed by atoms with Crippen LogP contribution in [0.3, 0.4) is 0 Å². The van der Waals surface area contributed by atoms with E-state index < -0.39 is 0 Å². The van der Waals surface area contributed by atoms with Crippen molar-refractivity contribution >= 4 is 44.8 Å². The van der Waals surface area contributed by atoms with Gasteiger partial charge in [0.25, 0.3) is 0 Å². The highest BCUT2D eigenvalue weighted by atomic mass is 79.9. The fourth-order valence-corrected chi connectivity index (χ4v) is 3.12. The molecule has 0 N–H and O–H groups in total. The summed E-state index contributed by atoms with van der Waals surface area (Å²) in [5, 5.41) is 1.93. The Morgan fingerprint density at radius 2 is 2.06 bits per heavy atom. The van der Waals surface area contributed by atoms with Gasteiger partial charge in [-0.1, -0.05) is 15.9 Å². The van der Waals surface area contributed by atoms with E-state index in [1.807, 2.05) is 42.6 Å². The highest BCUT2D eigenvalue weighted by Crippen LogP contribution is 2.22. The van der Waals surface area contributed by atoms with Crippen molar-refractivity contribution in [2.45, 2.75) is 11.8 Å². The van der Waals surface area contributed by atoms with E-state index in [0.717, 1.165) is 14.9 Å². The number of aryl methyl sites for hydroxylation is 1. The predicted molar refractivity (Wildman–Crippen MR) is 78.3 cm³/mol. The van der Waals surface area contributed by atoms with Crippen LogP contribution in [-0.2, 0) is 0 Å². The van der Waals surface area contributed by atoms with E-state index in [-0.39, 0.29) is 5.78 Å². The number of Topliss-reactive ketones (excluding diaryl/α,β-unsaturated/α-hetero) is 1. The van der Waals surface area contributed by atoms with Crippen molar-refractivity contribution in [2.75, 3.05) is 5.75 Å². The largest absolute Gasteiger partial charge is 0.293 e. The lowest BCUT2D eigenvalue weighted by atomic mass is 10.2. The van der Waals surface area contributed by atoms with Crippen molar-refractivity contribution in [3.05, 3.63) is 50.6 Å². The number of carbonyl (C=O) groups is 1. The van der Waals surface area contributed by atoms with Gasteiger partial charge in [0.1, 0.15) is 0 Å². The Bertz CT molecular complexity index is 516. The van der Waals surface area contributed by atoms with Gasteiger partial charge in [-0.3, -0.25) is 4.79 Å². The first kappa shape index (κ1) is 12.9. The Balaban J connectivity index is 1.94. The second-order valence-electron chi connectivity index (χ2n) is 3.61.